The van der Waals surface area contributed by atoms with E-state index in [2.05, 4.69) is 10.6 Å². The van der Waals surface area contributed by atoms with E-state index in [1.54, 1.807) is 24.1 Å². The molecule has 21 heavy (non-hydrogen) atoms. The third-order valence-corrected chi connectivity index (χ3v) is 4.09. The van der Waals surface area contributed by atoms with Gasteiger partial charge in [-0.3, -0.25) is 9.59 Å². The van der Waals surface area contributed by atoms with Gasteiger partial charge < -0.3 is 15.5 Å². The lowest BCUT2D eigenvalue weighted by Crippen LogP contribution is -2.41. The molecule has 1 aromatic carbocycles. The van der Waals surface area contributed by atoms with Crippen LogP contribution < -0.4 is 10.6 Å². The lowest BCUT2D eigenvalue weighted by molar-refractivity contribution is -0.139. The lowest BCUT2D eigenvalue weighted by Gasteiger charge is -2.28. The smallest absolute Gasteiger partial charge is 0.251 e. The second kappa shape index (κ2) is 6.26. The van der Waals surface area contributed by atoms with Crippen molar-refractivity contribution in [2.75, 3.05) is 27.2 Å². The number of benzene rings is 1. The van der Waals surface area contributed by atoms with Crippen LogP contribution in [0, 0.1) is 5.41 Å². The minimum Gasteiger partial charge on any atom is -0.355 e. The first-order valence-corrected chi connectivity index (χ1v) is 7.23. The fourth-order valence-electron chi connectivity index (χ4n) is 2.71. The van der Waals surface area contributed by atoms with Crippen LogP contribution in [0.3, 0.4) is 0 Å². The summed E-state index contributed by atoms with van der Waals surface area (Å²) in [4.78, 5) is 25.8. The van der Waals surface area contributed by atoms with Gasteiger partial charge in [0.25, 0.3) is 5.91 Å². The van der Waals surface area contributed by atoms with E-state index < -0.39 is 0 Å². The summed E-state index contributed by atoms with van der Waals surface area (Å²) >= 11 is 0. The van der Waals surface area contributed by atoms with E-state index in [0.717, 1.165) is 25.1 Å². The Bertz CT molecular complexity index is 519. The molecule has 2 rings (SSSR count). The first-order chi connectivity index (χ1) is 9.96. The average Bonchev–Trinajstić information content (AvgIpc) is 2.94. The molecule has 0 aliphatic carbocycles. The molecule has 1 unspecified atom stereocenters. The molecular weight excluding hydrogens is 266 g/mol. The molecule has 1 aliphatic heterocycles. The molecule has 1 heterocycles. The van der Waals surface area contributed by atoms with Crippen LogP contribution in [0.1, 0.15) is 29.3 Å². The molecule has 1 fully saturated rings. The maximum atomic E-state index is 12.5. The van der Waals surface area contributed by atoms with Gasteiger partial charge in [0, 0.05) is 32.7 Å². The molecule has 0 spiro atoms. The van der Waals surface area contributed by atoms with E-state index in [9.17, 15) is 9.59 Å². The van der Waals surface area contributed by atoms with Crippen molar-refractivity contribution in [1.82, 2.24) is 15.5 Å². The van der Waals surface area contributed by atoms with Crippen molar-refractivity contribution in [2.45, 2.75) is 19.9 Å². The maximum absolute atomic E-state index is 12.5. The molecule has 0 radical (unpaired) electrons. The van der Waals surface area contributed by atoms with Crippen molar-refractivity contribution >= 4 is 11.8 Å². The fraction of sp³-hybridized carbons (Fsp3) is 0.500. The van der Waals surface area contributed by atoms with E-state index in [0.29, 0.717) is 12.1 Å². The highest BCUT2D eigenvalue weighted by atomic mass is 16.2. The Labute approximate surface area is 125 Å². The normalized spacial score (nSPS) is 21.1. The van der Waals surface area contributed by atoms with E-state index in [4.69, 9.17) is 0 Å². The van der Waals surface area contributed by atoms with E-state index in [1.165, 1.54) is 0 Å². The van der Waals surface area contributed by atoms with Gasteiger partial charge in [0.1, 0.15) is 0 Å². The monoisotopic (exact) mass is 289 g/mol. The van der Waals surface area contributed by atoms with Gasteiger partial charge in [-0.15, -0.1) is 0 Å². The summed E-state index contributed by atoms with van der Waals surface area (Å²) in [6, 6.07) is 7.35. The second-order valence-electron chi connectivity index (χ2n) is 5.92. The van der Waals surface area contributed by atoms with Crippen molar-refractivity contribution in [2.24, 2.45) is 5.41 Å². The van der Waals surface area contributed by atoms with Gasteiger partial charge in [-0.05, 0) is 37.6 Å². The van der Waals surface area contributed by atoms with Gasteiger partial charge in [-0.25, -0.2) is 0 Å². The number of nitrogens with zero attached hydrogens (tertiary/aromatic N) is 1. The van der Waals surface area contributed by atoms with Crippen LogP contribution in [0.2, 0.25) is 0 Å². The van der Waals surface area contributed by atoms with Crippen LogP contribution in [0.15, 0.2) is 24.3 Å². The Kier molecular flexibility index (Phi) is 4.63. The van der Waals surface area contributed by atoms with Crippen LogP contribution in [-0.2, 0) is 11.3 Å². The molecule has 114 valence electrons. The zero-order valence-electron chi connectivity index (χ0n) is 12.9. The van der Waals surface area contributed by atoms with E-state index >= 15 is 0 Å². The Morgan fingerprint density at radius 1 is 1.33 bits per heavy atom. The van der Waals surface area contributed by atoms with Crippen molar-refractivity contribution in [3.63, 3.8) is 0 Å². The average molecular weight is 289 g/mol. The standard InChI is InChI=1S/C16H23N3O2/c1-16(8-9-18-11-16)15(21)19(3)10-12-4-6-13(7-5-12)14(20)17-2/h4-7,18H,8-11H2,1-3H3,(H,17,20). The Hall–Kier alpha value is -1.88. The molecule has 1 aromatic rings. The van der Waals surface area contributed by atoms with Crippen molar-refractivity contribution in [1.29, 1.82) is 0 Å². The van der Waals surface area contributed by atoms with Gasteiger partial charge in [-0.2, -0.15) is 0 Å². The largest absolute Gasteiger partial charge is 0.355 e. The molecule has 0 aromatic heterocycles. The number of nitrogens with one attached hydrogen (secondary N) is 2. The predicted octanol–water partition coefficient (Wildman–Crippen LogP) is 1.00. The van der Waals surface area contributed by atoms with Crippen molar-refractivity contribution in [3.05, 3.63) is 35.4 Å². The molecule has 2 amide bonds. The van der Waals surface area contributed by atoms with E-state index in [-0.39, 0.29) is 17.2 Å². The summed E-state index contributed by atoms with van der Waals surface area (Å²) in [5.41, 5.74) is 1.35. The molecule has 1 atom stereocenters. The van der Waals surface area contributed by atoms with Gasteiger partial charge in [0.2, 0.25) is 5.91 Å². The second-order valence-corrected chi connectivity index (χ2v) is 5.92. The molecule has 2 N–H and O–H groups in total. The highest BCUT2D eigenvalue weighted by Crippen LogP contribution is 2.27. The summed E-state index contributed by atoms with van der Waals surface area (Å²) in [5, 5.41) is 5.84. The first-order valence-electron chi connectivity index (χ1n) is 7.23. The SMILES string of the molecule is CNC(=O)c1ccc(CN(C)C(=O)C2(C)CCNC2)cc1. The predicted molar refractivity (Wildman–Crippen MR) is 81.9 cm³/mol. The molecule has 5 heteroatoms. The number of carbonyl (C=O) groups is 2. The van der Waals surface area contributed by atoms with Crippen LogP contribution >= 0.6 is 0 Å². The summed E-state index contributed by atoms with van der Waals surface area (Å²) in [5.74, 6) is 0.0680. The van der Waals surface area contributed by atoms with Crippen LogP contribution in [0.25, 0.3) is 0 Å². The van der Waals surface area contributed by atoms with Gasteiger partial charge >= 0.3 is 0 Å². The Morgan fingerprint density at radius 2 is 2.00 bits per heavy atom. The number of hydrogen-bond acceptors (Lipinski definition) is 3. The zero-order chi connectivity index (χ0) is 15.5. The highest BCUT2D eigenvalue weighted by Gasteiger charge is 2.38. The van der Waals surface area contributed by atoms with E-state index in [1.807, 2.05) is 26.1 Å². The zero-order valence-corrected chi connectivity index (χ0v) is 12.9. The quantitative estimate of drug-likeness (QED) is 0.869. The topological polar surface area (TPSA) is 61.4 Å². The molecule has 0 saturated carbocycles. The van der Waals surface area contributed by atoms with Gasteiger partial charge in [0.05, 0.1) is 5.41 Å². The first kappa shape index (κ1) is 15.5. The highest BCUT2D eigenvalue weighted by molar-refractivity contribution is 5.93. The number of rotatable bonds is 4. The Morgan fingerprint density at radius 3 is 2.52 bits per heavy atom. The van der Waals surface area contributed by atoms with Crippen molar-refractivity contribution in [3.8, 4) is 0 Å². The molecule has 5 nitrogen and oxygen atoms in total. The minimum absolute atomic E-state index is 0.101. The van der Waals surface area contributed by atoms with Crippen LogP contribution in [0.4, 0.5) is 0 Å². The number of hydrogen-bond donors (Lipinski definition) is 2. The van der Waals surface area contributed by atoms with Gasteiger partial charge in [0.15, 0.2) is 0 Å². The summed E-state index contributed by atoms with van der Waals surface area (Å²) < 4.78 is 0. The van der Waals surface area contributed by atoms with Crippen LogP contribution in [-0.4, -0.2) is 43.9 Å². The summed E-state index contributed by atoms with van der Waals surface area (Å²) in [6.45, 7) is 4.21. The molecule has 1 saturated heterocycles. The van der Waals surface area contributed by atoms with Crippen molar-refractivity contribution < 1.29 is 9.59 Å². The number of carbonyl (C=O) groups excluding carboxylic acids is 2. The fourth-order valence-corrected chi connectivity index (χ4v) is 2.71. The third-order valence-electron chi connectivity index (χ3n) is 4.09. The maximum Gasteiger partial charge on any atom is 0.251 e. The third kappa shape index (κ3) is 3.42. The lowest BCUT2D eigenvalue weighted by atomic mass is 9.88. The Balaban J connectivity index is 2.00. The van der Waals surface area contributed by atoms with Crippen LogP contribution in [0.5, 0.6) is 0 Å². The number of amides is 2. The minimum atomic E-state index is -0.295. The van der Waals surface area contributed by atoms with Gasteiger partial charge in [-0.1, -0.05) is 12.1 Å². The summed E-state index contributed by atoms with van der Waals surface area (Å²) in [7, 11) is 3.44. The molecule has 0 bridgehead atoms. The molecule has 1 aliphatic rings. The summed E-state index contributed by atoms with van der Waals surface area (Å²) in [6.07, 6.45) is 0.881. The molecular formula is C16H23N3O2.